The first-order valence-corrected chi connectivity index (χ1v) is 10.5. The molecule has 0 N–H and O–H groups in total. The molecule has 0 fully saturated rings. The lowest BCUT2D eigenvalue weighted by molar-refractivity contribution is -0.108. The molecular weight excluding hydrogens is 390 g/mol. The van der Waals surface area contributed by atoms with Gasteiger partial charge in [0.15, 0.2) is 5.78 Å². The lowest BCUT2D eigenvalue weighted by Gasteiger charge is -2.14. The Morgan fingerprint density at radius 3 is 1.34 bits per heavy atom. The number of carbonyl (C=O) groups is 1. The molecule has 0 heterocycles. The van der Waals surface area contributed by atoms with Crippen LogP contribution in [0.1, 0.15) is 27.8 Å². The zero-order valence-electron chi connectivity index (χ0n) is 17.3. The van der Waals surface area contributed by atoms with Gasteiger partial charge in [-0.25, -0.2) is 0 Å². The van der Waals surface area contributed by atoms with Crippen LogP contribution in [0.15, 0.2) is 115 Å². The molecule has 0 saturated carbocycles. The van der Waals surface area contributed by atoms with Crippen molar-refractivity contribution in [2.45, 2.75) is 0 Å². The van der Waals surface area contributed by atoms with Crippen LogP contribution in [-0.2, 0) is 4.79 Å². The number of benzene rings is 4. The third-order valence-corrected chi connectivity index (χ3v) is 5.67. The van der Waals surface area contributed by atoms with Crippen LogP contribution in [0.4, 0.5) is 0 Å². The SMILES string of the molecule is N#Cc1cccc(C2=C(c3ccccc3)C(=O)C(c3ccccc3)=C2c2ccccc2)c1. The van der Waals surface area contributed by atoms with E-state index in [9.17, 15) is 10.1 Å². The number of ketones is 1. The Morgan fingerprint density at radius 1 is 0.469 bits per heavy atom. The van der Waals surface area contributed by atoms with Gasteiger partial charge in [-0.1, -0.05) is 103 Å². The number of nitriles is 1. The van der Waals surface area contributed by atoms with Crippen LogP contribution in [0, 0.1) is 11.3 Å². The molecule has 0 amide bonds. The van der Waals surface area contributed by atoms with E-state index in [2.05, 4.69) is 6.07 Å². The van der Waals surface area contributed by atoms with Crippen LogP contribution in [-0.4, -0.2) is 5.78 Å². The number of rotatable bonds is 4. The van der Waals surface area contributed by atoms with Crippen molar-refractivity contribution in [1.29, 1.82) is 5.26 Å². The van der Waals surface area contributed by atoms with Crippen molar-refractivity contribution < 1.29 is 4.79 Å². The van der Waals surface area contributed by atoms with E-state index in [4.69, 9.17) is 0 Å². The summed E-state index contributed by atoms with van der Waals surface area (Å²) in [6.45, 7) is 0. The molecule has 4 aromatic rings. The fraction of sp³-hybridized carbons (Fsp3) is 0. The molecule has 5 rings (SSSR count). The quantitative estimate of drug-likeness (QED) is 0.378. The van der Waals surface area contributed by atoms with Crippen molar-refractivity contribution in [3.63, 3.8) is 0 Å². The number of hydrogen-bond acceptors (Lipinski definition) is 2. The van der Waals surface area contributed by atoms with E-state index < -0.39 is 0 Å². The van der Waals surface area contributed by atoms with Crippen LogP contribution in [0.25, 0.3) is 22.3 Å². The maximum absolute atomic E-state index is 14.0. The Balaban J connectivity index is 1.89. The monoisotopic (exact) mass is 409 g/mol. The molecule has 2 nitrogen and oxygen atoms in total. The minimum Gasteiger partial charge on any atom is -0.289 e. The second kappa shape index (κ2) is 8.34. The van der Waals surface area contributed by atoms with E-state index in [1.54, 1.807) is 6.07 Å². The Labute approximate surface area is 187 Å². The van der Waals surface area contributed by atoms with E-state index >= 15 is 0 Å². The molecule has 0 atom stereocenters. The van der Waals surface area contributed by atoms with E-state index in [-0.39, 0.29) is 5.78 Å². The summed E-state index contributed by atoms with van der Waals surface area (Å²) in [6, 6.07) is 39.3. The van der Waals surface area contributed by atoms with Crippen LogP contribution in [0.3, 0.4) is 0 Å². The van der Waals surface area contributed by atoms with Crippen molar-refractivity contribution >= 4 is 28.1 Å². The van der Waals surface area contributed by atoms with Gasteiger partial charge >= 0.3 is 0 Å². The minimum atomic E-state index is -0.00128. The van der Waals surface area contributed by atoms with Gasteiger partial charge in [-0.2, -0.15) is 5.26 Å². The van der Waals surface area contributed by atoms with Gasteiger partial charge in [0.05, 0.1) is 11.6 Å². The van der Waals surface area contributed by atoms with Crippen LogP contribution < -0.4 is 0 Å². The largest absolute Gasteiger partial charge is 0.289 e. The third kappa shape index (κ3) is 3.37. The van der Waals surface area contributed by atoms with E-state index in [1.165, 1.54) is 0 Å². The van der Waals surface area contributed by atoms with Crippen molar-refractivity contribution in [3.05, 3.63) is 143 Å². The molecule has 32 heavy (non-hydrogen) atoms. The molecule has 1 aliphatic carbocycles. The normalized spacial score (nSPS) is 13.4. The number of carbonyl (C=O) groups excluding carboxylic acids is 1. The second-order valence-corrected chi connectivity index (χ2v) is 7.62. The average Bonchev–Trinajstić information content (AvgIpc) is 3.18. The molecule has 1 aliphatic rings. The van der Waals surface area contributed by atoms with Crippen LogP contribution in [0.5, 0.6) is 0 Å². The third-order valence-electron chi connectivity index (χ3n) is 5.67. The summed E-state index contributed by atoms with van der Waals surface area (Å²) in [7, 11) is 0. The molecule has 2 heteroatoms. The molecule has 150 valence electrons. The first-order chi connectivity index (χ1) is 15.8. The van der Waals surface area contributed by atoms with Crippen molar-refractivity contribution in [1.82, 2.24) is 0 Å². The van der Waals surface area contributed by atoms with Gasteiger partial charge in [-0.05, 0) is 34.4 Å². The summed E-state index contributed by atoms with van der Waals surface area (Å²) in [6.07, 6.45) is 0. The molecule has 0 spiro atoms. The van der Waals surface area contributed by atoms with E-state index in [0.29, 0.717) is 16.7 Å². The molecule has 0 unspecified atom stereocenters. The number of Topliss-reactive ketones (excluding diaryl/α,β-unsaturated/α-hetero) is 1. The number of nitrogens with zero attached hydrogens (tertiary/aromatic N) is 1. The maximum atomic E-state index is 14.0. The fourth-order valence-corrected chi connectivity index (χ4v) is 4.29. The molecule has 0 saturated heterocycles. The molecular formula is C30H19NO. The highest BCUT2D eigenvalue weighted by molar-refractivity contribution is 6.59. The lowest BCUT2D eigenvalue weighted by atomic mass is 9.89. The van der Waals surface area contributed by atoms with E-state index in [1.807, 2.05) is 109 Å². The average molecular weight is 409 g/mol. The predicted molar refractivity (Wildman–Crippen MR) is 129 cm³/mol. The fourth-order valence-electron chi connectivity index (χ4n) is 4.29. The first kappa shape index (κ1) is 19.5. The summed E-state index contributed by atoms with van der Waals surface area (Å²) in [5, 5.41) is 9.51. The van der Waals surface area contributed by atoms with E-state index in [0.717, 1.165) is 33.4 Å². The number of hydrogen-bond donors (Lipinski definition) is 0. The topological polar surface area (TPSA) is 40.9 Å². The summed E-state index contributed by atoms with van der Waals surface area (Å²) < 4.78 is 0. The van der Waals surface area contributed by atoms with Gasteiger partial charge in [0.2, 0.25) is 0 Å². The van der Waals surface area contributed by atoms with Crippen LogP contribution in [0.2, 0.25) is 0 Å². The first-order valence-electron chi connectivity index (χ1n) is 10.5. The Hall–Kier alpha value is -4.48. The summed E-state index contributed by atoms with van der Waals surface area (Å²) in [5.41, 5.74) is 7.27. The molecule has 4 aromatic carbocycles. The van der Waals surface area contributed by atoms with Gasteiger partial charge in [0.25, 0.3) is 0 Å². The minimum absolute atomic E-state index is 0.00128. The smallest absolute Gasteiger partial charge is 0.195 e. The van der Waals surface area contributed by atoms with Gasteiger partial charge in [-0.3, -0.25) is 4.79 Å². The van der Waals surface area contributed by atoms with Gasteiger partial charge in [-0.15, -0.1) is 0 Å². The Kier molecular flexibility index (Phi) is 5.07. The highest BCUT2D eigenvalue weighted by Crippen LogP contribution is 2.49. The standard InChI is InChI=1S/C30H19NO/c31-20-21-11-10-18-25(19-21)27-26(22-12-4-1-5-13-22)28(23-14-6-2-7-15-23)30(32)29(27)24-16-8-3-9-17-24/h1-19H. The molecule has 0 aliphatic heterocycles. The predicted octanol–water partition coefficient (Wildman–Crippen LogP) is 6.66. The van der Waals surface area contributed by atoms with Crippen molar-refractivity contribution in [2.24, 2.45) is 0 Å². The summed E-state index contributed by atoms with van der Waals surface area (Å²) >= 11 is 0. The summed E-state index contributed by atoms with van der Waals surface area (Å²) in [5.74, 6) is -0.00128. The zero-order valence-corrected chi connectivity index (χ0v) is 17.3. The van der Waals surface area contributed by atoms with Crippen molar-refractivity contribution in [2.75, 3.05) is 0 Å². The highest BCUT2D eigenvalue weighted by atomic mass is 16.1. The Morgan fingerprint density at radius 2 is 0.875 bits per heavy atom. The van der Waals surface area contributed by atoms with Crippen LogP contribution >= 0.6 is 0 Å². The number of allylic oxidation sites excluding steroid dienone is 4. The Bertz CT molecular complexity index is 1410. The van der Waals surface area contributed by atoms with Gasteiger partial charge in [0, 0.05) is 22.3 Å². The molecule has 0 radical (unpaired) electrons. The maximum Gasteiger partial charge on any atom is 0.195 e. The summed E-state index contributed by atoms with van der Waals surface area (Å²) in [4.78, 5) is 14.0. The highest BCUT2D eigenvalue weighted by Gasteiger charge is 2.35. The molecule has 0 bridgehead atoms. The molecule has 0 aromatic heterocycles. The van der Waals surface area contributed by atoms with Crippen molar-refractivity contribution in [3.8, 4) is 6.07 Å². The lowest BCUT2D eigenvalue weighted by Crippen LogP contribution is -2.01. The van der Waals surface area contributed by atoms with Gasteiger partial charge < -0.3 is 0 Å². The second-order valence-electron chi connectivity index (χ2n) is 7.62. The zero-order chi connectivity index (χ0) is 21.9. The van der Waals surface area contributed by atoms with Gasteiger partial charge in [0.1, 0.15) is 0 Å².